The van der Waals surface area contributed by atoms with Gasteiger partial charge in [0.05, 0.1) is 12.8 Å². The van der Waals surface area contributed by atoms with E-state index in [1.54, 1.807) is 18.2 Å². The second-order valence-corrected chi connectivity index (χ2v) is 4.49. The lowest BCUT2D eigenvalue weighted by molar-refractivity contribution is 0.315. The van der Waals surface area contributed by atoms with Crippen molar-refractivity contribution < 1.29 is 9.84 Å². The lowest BCUT2D eigenvalue weighted by Crippen LogP contribution is -1.97. The van der Waals surface area contributed by atoms with Gasteiger partial charge in [0.15, 0.2) is 11.0 Å². The first-order valence-corrected chi connectivity index (χ1v) is 6.80. The van der Waals surface area contributed by atoms with Crippen molar-refractivity contribution in [3.8, 4) is 11.5 Å². The third-order valence-corrected chi connectivity index (χ3v) is 2.78. The van der Waals surface area contributed by atoms with Crippen LogP contribution in [0.25, 0.3) is 0 Å². The van der Waals surface area contributed by atoms with E-state index < -0.39 is 0 Å². The molecule has 110 valence electrons. The molecule has 7 heteroatoms. The molecule has 0 radical (unpaired) electrons. The van der Waals surface area contributed by atoms with E-state index in [4.69, 9.17) is 16.3 Å². The van der Waals surface area contributed by atoms with Crippen molar-refractivity contribution in [1.29, 1.82) is 0 Å². The standard InChI is InChI=1S/C14H15ClN4O2/c1-2-7-21-11-4-3-10(12(20)8-11)9-18-19-14-13(15)16-5-6-17-14/h3-6,8-9,20H,2,7H2,1H3,(H,17,19). The number of nitrogens with one attached hydrogen (secondary N) is 1. The molecule has 0 spiro atoms. The molecular weight excluding hydrogens is 292 g/mol. The van der Waals surface area contributed by atoms with Crippen LogP contribution in [-0.4, -0.2) is 27.9 Å². The molecule has 1 heterocycles. The lowest BCUT2D eigenvalue weighted by Gasteiger charge is -2.06. The highest BCUT2D eigenvalue weighted by atomic mass is 35.5. The molecule has 0 aliphatic rings. The number of phenolic OH excluding ortho intramolecular Hbond substituents is 1. The van der Waals surface area contributed by atoms with E-state index in [0.29, 0.717) is 23.7 Å². The zero-order chi connectivity index (χ0) is 15.1. The van der Waals surface area contributed by atoms with Gasteiger partial charge < -0.3 is 9.84 Å². The molecule has 2 aromatic rings. The second-order valence-electron chi connectivity index (χ2n) is 4.13. The Hall–Kier alpha value is -2.34. The van der Waals surface area contributed by atoms with Crippen molar-refractivity contribution in [2.75, 3.05) is 12.0 Å². The number of phenols is 1. The van der Waals surface area contributed by atoms with Crippen LogP contribution >= 0.6 is 11.6 Å². The molecule has 2 N–H and O–H groups in total. The lowest BCUT2D eigenvalue weighted by atomic mass is 10.2. The normalized spacial score (nSPS) is 10.8. The third-order valence-electron chi connectivity index (χ3n) is 2.50. The molecule has 0 bridgehead atoms. The highest BCUT2D eigenvalue weighted by Crippen LogP contribution is 2.22. The van der Waals surface area contributed by atoms with Crippen LogP contribution in [0.3, 0.4) is 0 Å². The number of hydrazone groups is 1. The molecule has 0 saturated carbocycles. The first-order valence-electron chi connectivity index (χ1n) is 6.42. The summed E-state index contributed by atoms with van der Waals surface area (Å²) in [5.41, 5.74) is 3.21. The molecule has 21 heavy (non-hydrogen) atoms. The van der Waals surface area contributed by atoms with Gasteiger partial charge in [-0.05, 0) is 18.6 Å². The Balaban J connectivity index is 2.02. The number of hydrogen-bond donors (Lipinski definition) is 2. The van der Waals surface area contributed by atoms with Crippen LogP contribution in [0.15, 0.2) is 35.7 Å². The molecule has 0 aliphatic carbocycles. The van der Waals surface area contributed by atoms with Gasteiger partial charge in [0.25, 0.3) is 0 Å². The van der Waals surface area contributed by atoms with Gasteiger partial charge in [0.2, 0.25) is 0 Å². The first kappa shape index (κ1) is 15.1. The fourth-order valence-corrected chi connectivity index (χ4v) is 1.65. The van der Waals surface area contributed by atoms with E-state index in [2.05, 4.69) is 20.5 Å². The van der Waals surface area contributed by atoms with Gasteiger partial charge in [0, 0.05) is 24.0 Å². The van der Waals surface area contributed by atoms with Crippen LogP contribution < -0.4 is 10.2 Å². The maximum atomic E-state index is 9.89. The largest absolute Gasteiger partial charge is 0.507 e. The Bertz CT molecular complexity index is 634. The number of halogens is 1. The Morgan fingerprint density at radius 1 is 1.38 bits per heavy atom. The highest BCUT2D eigenvalue weighted by molar-refractivity contribution is 6.31. The minimum atomic E-state index is 0.0828. The fourth-order valence-electron chi connectivity index (χ4n) is 1.50. The first-order chi connectivity index (χ1) is 10.2. The monoisotopic (exact) mass is 306 g/mol. The molecule has 0 fully saturated rings. The van der Waals surface area contributed by atoms with E-state index in [9.17, 15) is 5.11 Å². The van der Waals surface area contributed by atoms with Crippen LogP contribution in [0.1, 0.15) is 18.9 Å². The van der Waals surface area contributed by atoms with Gasteiger partial charge in [-0.15, -0.1) is 0 Å². The van der Waals surface area contributed by atoms with E-state index in [1.807, 2.05) is 6.92 Å². The van der Waals surface area contributed by atoms with Crippen molar-refractivity contribution in [3.63, 3.8) is 0 Å². The number of aromatic hydroxyl groups is 1. The van der Waals surface area contributed by atoms with Gasteiger partial charge >= 0.3 is 0 Å². The Labute approximate surface area is 127 Å². The summed E-state index contributed by atoms with van der Waals surface area (Å²) in [5, 5.41) is 14.1. The van der Waals surface area contributed by atoms with Crippen molar-refractivity contribution in [3.05, 3.63) is 41.3 Å². The molecule has 1 aromatic heterocycles. The van der Waals surface area contributed by atoms with Gasteiger partial charge in [-0.3, -0.25) is 5.43 Å². The van der Waals surface area contributed by atoms with Crippen molar-refractivity contribution in [2.24, 2.45) is 5.10 Å². The zero-order valence-corrected chi connectivity index (χ0v) is 12.2. The maximum Gasteiger partial charge on any atom is 0.184 e. The summed E-state index contributed by atoms with van der Waals surface area (Å²) in [6.45, 7) is 2.63. The summed E-state index contributed by atoms with van der Waals surface area (Å²) < 4.78 is 5.42. The molecule has 0 amide bonds. The molecule has 2 rings (SSSR count). The summed E-state index contributed by atoms with van der Waals surface area (Å²) in [7, 11) is 0. The minimum absolute atomic E-state index is 0.0828. The van der Waals surface area contributed by atoms with Crippen LogP contribution in [0, 0.1) is 0 Å². The summed E-state index contributed by atoms with van der Waals surface area (Å²) in [6, 6.07) is 5.03. The third kappa shape index (κ3) is 4.32. The smallest absolute Gasteiger partial charge is 0.184 e. The molecular formula is C14H15ClN4O2. The Morgan fingerprint density at radius 3 is 2.90 bits per heavy atom. The van der Waals surface area contributed by atoms with Crippen molar-refractivity contribution >= 4 is 23.6 Å². The SMILES string of the molecule is CCCOc1ccc(C=NNc2nccnc2Cl)c(O)c1. The quantitative estimate of drug-likeness (QED) is 0.633. The molecule has 6 nitrogen and oxygen atoms in total. The van der Waals surface area contributed by atoms with Crippen molar-refractivity contribution in [1.82, 2.24) is 9.97 Å². The number of hydrogen-bond acceptors (Lipinski definition) is 6. The van der Waals surface area contributed by atoms with Crippen LogP contribution in [0.5, 0.6) is 11.5 Å². The average Bonchev–Trinajstić information content (AvgIpc) is 2.49. The van der Waals surface area contributed by atoms with E-state index in [0.717, 1.165) is 6.42 Å². The van der Waals surface area contributed by atoms with Gasteiger partial charge in [0.1, 0.15) is 11.5 Å². The number of anilines is 1. The second kappa shape index (κ2) is 7.44. The molecule has 0 unspecified atom stereocenters. The molecule has 1 aromatic carbocycles. The van der Waals surface area contributed by atoms with Crippen LogP contribution in [-0.2, 0) is 0 Å². The van der Waals surface area contributed by atoms with Crippen LogP contribution in [0.2, 0.25) is 5.15 Å². The molecule has 0 atom stereocenters. The van der Waals surface area contributed by atoms with E-state index >= 15 is 0 Å². The van der Waals surface area contributed by atoms with E-state index in [-0.39, 0.29) is 10.9 Å². The summed E-state index contributed by atoms with van der Waals surface area (Å²) in [5.74, 6) is 1.05. The number of nitrogens with zero attached hydrogens (tertiary/aromatic N) is 3. The van der Waals surface area contributed by atoms with Crippen LogP contribution in [0.4, 0.5) is 5.82 Å². The maximum absolute atomic E-state index is 9.89. The number of benzene rings is 1. The summed E-state index contributed by atoms with van der Waals surface area (Å²) in [4.78, 5) is 7.84. The molecule has 0 aliphatic heterocycles. The summed E-state index contributed by atoms with van der Waals surface area (Å²) in [6.07, 6.45) is 5.36. The average molecular weight is 307 g/mol. The predicted octanol–water partition coefficient (Wildman–Crippen LogP) is 3.07. The Morgan fingerprint density at radius 2 is 2.19 bits per heavy atom. The van der Waals surface area contributed by atoms with Gasteiger partial charge in [-0.2, -0.15) is 5.10 Å². The fraction of sp³-hybridized carbons (Fsp3) is 0.214. The van der Waals surface area contributed by atoms with Gasteiger partial charge in [-0.25, -0.2) is 9.97 Å². The van der Waals surface area contributed by atoms with E-state index in [1.165, 1.54) is 18.6 Å². The number of aromatic nitrogens is 2. The zero-order valence-electron chi connectivity index (χ0n) is 11.5. The highest BCUT2D eigenvalue weighted by Gasteiger charge is 2.02. The topological polar surface area (TPSA) is 79.6 Å². The minimum Gasteiger partial charge on any atom is -0.507 e. The number of ether oxygens (including phenoxy) is 1. The van der Waals surface area contributed by atoms with Gasteiger partial charge in [-0.1, -0.05) is 18.5 Å². The van der Waals surface area contributed by atoms with Crippen molar-refractivity contribution in [2.45, 2.75) is 13.3 Å². The molecule has 0 saturated heterocycles. The Kier molecular flexibility index (Phi) is 5.34. The predicted molar refractivity (Wildman–Crippen MR) is 82.2 cm³/mol. The number of rotatable bonds is 6. The summed E-state index contributed by atoms with van der Waals surface area (Å²) >= 11 is 5.83.